The molecule has 0 saturated heterocycles. The first-order valence-electron chi connectivity index (χ1n) is 10.4. The molecule has 8 nitrogen and oxygen atoms in total. The number of carbonyl (C=O) groups is 2. The van der Waals surface area contributed by atoms with Crippen molar-refractivity contribution in [3.8, 4) is 11.4 Å². The largest absolute Gasteiger partial charge is 0.497 e. The van der Waals surface area contributed by atoms with Crippen molar-refractivity contribution in [2.75, 3.05) is 19.0 Å². The topological polar surface area (TPSA) is 95.3 Å². The van der Waals surface area contributed by atoms with Gasteiger partial charge in [0.15, 0.2) is 6.61 Å². The number of methoxy groups -OCH3 is 1. The number of nitrogens with one attached hydrogen (secondary N) is 1. The van der Waals surface area contributed by atoms with E-state index in [1.807, 2.05) is 44.2 Å². The Morgan fingerprint density at radius 1 is 1.00 bits per heavy atom. The minimum Gasteiger partial charge on any atom is -0.497 e. The lowest BCUT2D eigenvalue weighted by Gasteiger charge is -2.11. The maximum atomic E-state index is 12.6. The minimum atomic E-state index is -0.615. The minimum absolute atomic E-state index is 0.306. The van der Waals surface area contributed by atoms with E-state index in [9.17, 15) is 9.59 Å². The van der Waals surface area contributed by atoms with E-state index in [-0.39, 0.29) is 0 Å². The summed E-state index contributed by atoms with van der Waals surface area (Å²) in [6, 6.07) is 16.6. The highest BCUT2D eigenvalue weighted by Crippen LogP contribution is 2.22. The van der Waals surface area contributed by atoms with Crippen LogP contribution in [-0.2, 0) is 9.53 Å². The van der Waals surface area contributed by atoms with Crippen LogP contribution in [0.3, 0.4) is 0 Å². The summed E-state index contributed by atoms with van der Waals surface area (Å²) in [5, 5.41) is 7.97. The predicted molar refractivity (Wildman–Crippen MR) is 125 cm³/mol. The monoisotopic (exact) mass is 444 g/mol. The van der Waals surface area contributed by atoms with E-state index in [0.717, 1.165) is 22.3 Å². The number of fused-ring (bicyclic) bond motifs is 1. The number of ether oxygens (including phenoxy) is 2. The number of aromatic nitrogens is 3. The molecule has 33 heavy (non-hydrogen) atoms. The molecule has 0 fully saturated rings. The van der Waals surface area contributed by atoms with E-state index < -0.39 is 18.5 Å². The van der Waals surface area contributed by atoms with Crippen LogP contribution < -0.4 is 10.1 Å². The van der Waals surface area contributed by atoms with Crippen molar-refractivity contribution in [2.24, 2.45) is 0 Å². The molecule has 4 aromatic rings. The zero-order valence-corrected chi connectivity index (χ0v) is 18.9. The summed E-state index contributed by atoms with van der Waals surface area (Å²) in [6.07, 6.45) is 0. The molecule has 4 rings (SSSR count). The molecule has 1 N–H and O–H groups in total. The molecule has 0 bridgehead atoms. The third-order valence-electron chi connectivity index (χ3n) is 5.15. The summed E-state index contributed by atoms with van der Waals surface area (Å²) in [7, 11) is 1.58. The molecule has 0 radical (unpaired) electrons. The lowest BCUT2D eigenvalue weighted by Crippen LogP contribution is -2.22. The number of benzene rings is 2. The van der Waals surface area contributed by atoms with Crippen LogP contribution in [0.1, 0.15) is 27.3 Å². The summed E-state index contributed by atoms with van der Waals surface area (Å²) in [5.74, 6) is 0.0975. The first kappa shape index (κ1) is 22.0. The molecule has 0 spiro atoms. The van der Waals surface area contributed by atoms with Crippen LogP contribution in [0.2, 0.25) is 0 Å². The van der Waals surface area contributed by atoms with E-state index in [0.29, 0.717) is 28.3 Å². The van der Waals surface area contributed by atoms with Gasteiger partial charge >= 0.3 is 5.97 Å². The third-order valence-corrected chi connectivity index (χ3v) is 5.15. The Bertz CT molecular complexity index is 1340. The van der Waals surface area contributed by atoms with Crippen molar-refractivity contribution in [3.05, 3.63) is 77.1 Å². The SMILES string of the molecule is COc1ccc2cc(C(=O)OCC(=O)Nc3cc(C)nn3-c3ccc(C)cc3)c(C)nc2c1. The Labute approximate surface area is 191 Å². The van der Waals surface area contributed by atoms with Gasteiger partial charge in [0, 0.05) is 17.5 Å². The number of aryl methyl sites for hydroxylation is 3. The van der Waals surface area contributed by atoms with Crippen LogP contribution in [0.4, 0.5) is 5.82 Å². The zero-order valence-electron chi connectivity index (χ0n) is 18.9. The van der Waals surface area contributed by atoms with Gasteiger partial charge in [0.2, 0.25) is 0 Å². The molecule has 2 heterocycles. The van der Waals surface area contributed by atoms with Gasteiger partial charge in [-0.3, -0.25) is 9.78 Å². The molecule has 0 unspecified atom stereocenters. The third kappa shape index (κ3) is 4.85. The standard InChI is InChI=1S/C25H24N4O4/c1-15-5-8-19(9-6-15)29-23(11-16(2)28-29)27-24(30)14-33-25(31)21-12-18-7-10-20(32-4)13-22(18)26-17(21)3/h5-13H,14H2,1-4H3,(H,27,30). The Balaban J connectivity index is 1.45. The number of nitrogens with zero attached hydrogens (tertiary/aromatic N) is 3. The fourth-order valence-corrected chi connectivity index (χ4v) is 3.44. The van der Waals surface area contributed by atoms with Crippen LogP contribution in [-0.4, -0.2) is 40.4 Å². The first-order valence-corrected chi connectivity index (χ1v) is 10.4. The summed E-state index contributed by atoms with van der Waals surface area (Å²) >= 11 is 0. The average molecular weight is 444 g/mol. The van der Waals surface area contributed by atoms with Gasteiger partial charge in [-0.1, -0.05) is 17.7 Å². The van der Waals surface area contributed by atoms with Crippen molar-refractivity contribution in [1.29, 1.82) is 0 Å². The number of rotatable bonds is 6. The second-order valence-electron chi connectivity index (χ2n) is 7.72. The van der Waals surface area contributed by atoms with Gasteiger partial charge in [0.05, 0.1) is 35.3 Å². The molecule has 0 aliphatic rings. The van der Waals surface area contributed by atoms with E-state index >= 15 is 0 Å². The zero-order chi connectivity index (χ0) is 23.5. The van der Waals surface area contributed by atoms with Crippen LogP contribution in [0.15, 0.2) is 54.6 Å². The Kier molecular flexibility index (Phi) is 6.08. The van der Waals surface area contributed by atoms with Gasteiger partial charge in [-0.25, -0.2) is 9.48 Å². The van der Waals surface area contributed by atoms with Gasteiger partial charge in [0.25, 0.3) is 5.91 Å². The molecular formula is C25H24N4O4. The van der Waals surface area contributed by atoms with Crippen LogP contribution in [0.25, 0.3) is 16.6 Å². The number of esters is 1. The molecule has 0 aliphatic heterocycles. The molecule has 0 aliphatic carbocycles. The fourth-order valence-electron chi connectivity index (χ4n) is 3.44. The van der Waals surface area contributed by atoms with E-state index in [2.05, 4.69) is 15.4 Å². The average Bonchev–Trinajstić information content (AvgIpc) is 3.16. The Morgan fingerprint density at radius 2 is 1.76 bits per heavy atom. The van der Waals surface area contributed by atoms with Gasteiger partial charge in [0.1, 0.15) is 11.6 Å². The van der Waals surface area contributed by atoms with Crippen molar-refractivity contribution in [1.82, 2.24) is 14.8 Å². The quantitative estimate of drug-likeness (QED) is 0.449. The normalized spacial score (nSPS) is 10.8. The molecule has 2 aromatic heterocycles. The lowest BCUT2D eigenvalue weighted by atomic mass is 10.1. The second-order valence-corrected chi connectivity index (χ2v) is 7.72. The summed E-state index contributed by atoms with van der Waals surface area (Å²) in [5.41, 5.74) is 4.21. The number of amides is 1. The van der Waals surface area contributed by atoms with Gasteiger partial charge in [-0.05, 0) is 51.1 Å². The molecule has 0 atom stereocenters. The fraction of sp³-hybridized carbons (Fsp3) is 0.200. The maximum absolute atomic E-state index is 12.6. The highest BCUT2D eigenvalue weighted by molar-refractivity contribution is 5.98. The molecular weight excluding hydrogens is 420 g/mol. The Hall–Kier alpha value is -4.20. The lowest BCUT2D eigenvalue weighted by molar-refractivity contribution is -0.119. The highest BCUT2D eigenvalue weighted by Gasteiger charge is 2.17. The summed E-state index contributed by atoms with van der Waals surface area (Å²) in [6.45, 7) is 5.12. The van der Waals surface area contributed by atoms with Gasteiger partial charge in [-0.15, -0.1) is 0 Å². The van der Waals surface area contributed by atoms with Gasteiger partial charge in [-0.2, -0.15) is 5.10 Å². The van der Waals surface area contributed by atoms with Crippen LogP contribution in [0, 0.1) is 20.8 Å². The van der Waals surface area contributed by atoms with E-state index in [1.54, 1.807) is 43.0 Å². The molecule has 1 amide bonds. The van der Waals surface area contributed by atoms with Crippen molar-refractivity contribution in [2.45, 2.75) is 20.8 Å². The Morgan fingerprint density at radius 3 is 2.48 bits per heavy atom. The van der Waals surface area contributed by atoms with Crippen molar-refractivity contribution >= 4 is 28.6 Å². The molecule has 168 valence electrons. The predicted octanol–water partition coefficient (Wildman–Crippen LogP) is 4.15. The molecule has 0 saturated carbocycles. The number of hydrogen-bond donors (Lipinski definition) is 1. The highest BCUT2D eigenvalue weighted by atomic mass is 16.5. The van der Waals surface area contributed by atoms with E-state index in [1.165, 1.54) is 0 Å². The smallest absolute Gasteiger partial charge is 0.340 e. The first-order chi connectivity index (χ1) is 15.8. The maximum Gasteiger partial charge on any atom is 0.340 e. The number of hydrogen-bond acceptors (Lipinski definition) is 6. The summed E-state index contributed by atoms with van der Waals surface area (Å²) in [4.78, 5) is 29.6. The van der Waals surface area contributed by atoms with Crippen LogP contribution >= 0.6 is 0 Å². The molecule has 8 heteroatoms. The summed E-state index contributed by atoms with van der Waals surface area (Å²) < 4.78 is 12.1. The second kappa shape index (κ2) is 9.12. The number of pyridine rings is 1. The molecule has 2 aromatic carbocycles. The van der Waals surface area contributed by atoms with Crippen LogP contribution in [0.5, 0.6) is 5.75 Å². The number of carbonyl (C=O) groups excluding carboxylic acids is 2. The number of anilines is 1. The van der Waals surface area contributed by atoms with Crippen molar-refractivity contribution < 1.29 is 19.1 Å². The van der Waals surface area contributed by atoms with E-state index in [4.69, 9.17) is 9.47 Å². The van der Waals surface area contributed by atoms with Gasteiger partial charge < -0.3 is 14.8 Å². The van der Waals surface area contributed by atoms with Crippen molar-refractivity contribution in [3.63, 3.8) is 0 Å².